The monoisotopic (exact) mass is 403 g/mol. The molecule has 0 radical (unpaired) electrons. The maximum atomic E-state index is 6.15. The Morgan fingerprint density at radius 3 is 2.59 bits per heavy atom. The van der Waals surface area contributed by atoms with E-state index in [9.17, 15) is 0 Å². The molecule has 0 aliphatic carbocycles. The quantitative estimate of drug-likeness (QED) is 0.662. The van der Waals surface area contributed by atoms with Gasteiger partial charge < -0.3 is 14.8 Å². The molecule has 118 valence electrons. The summed E-state index contributed by atoms with van der Waals surface area (Å²) in [5, 5.41) is 4.48. The van der Waals surface area contributed by atoms with Gasteiger partial charge in [-0.15, -0.1) is 0 Å². The van der Waals surface area contributed by atoms with Crippen molar-refractivity contribution >= 4 is 44.8 Å². The zero-order chi connectivity index (χ0) is 16.1. The van der Waals surface area contributed by atoms with E-state index >= 15 is 0 Å². The number of hydrogen-bond donors (Lipinski definition) is 1. The third-order valence-electron chi connectivity index (χ3n) is 2.99. The highest BCUT2D eigenvalue weighted by Crippen LogP contribution is 2.37. The van der Waals surface area contributed by atoms with Gasteiger partial charge in [-0.05, 0) is 58.7 Å². The lowest BCUT2D eigenvalue weighted by molar-refractivity contribution is 0.309. The molecule has 0 spiro atoms. The molecule has 0 saturated carbocycles. The number of hydrogen-bond acceptors (Lipinski definition) is 3. The van der Waals surface area contributed by atoms with Gasteiger partial charge >= 0.3 is 0 Å². The van der Waals surface area contributed by atoms with E-state index in [1.807, 2.05) is 25.1 Å². The van der Waals surface area contributed by atoms with Crippen LogP contribution in [-0.2, 0) is 6.54 Å². The largest absolute Gasteiger partial charge is 0.492 e. The van der Waals surface area contributed by atoms with Crippen molar-refractivity contribution in [2.75, 3.05) is 19.0 Å². The van der Waals surface area contributed by atoms with Crippen LogP contribution in [0.25, 0.3) is 0 Å². The first-order valence-corrected chi connectivity index (χ1v) is 8.28. The Morgan fingerprint density at radius 1 is 1.18 bits per heavy atom. The maximum absolute atomic E-state index is 6.15. The number of rotatable bonds is 6. The Balaban J connectivity index is 2.19. The standard InChI is InChI=1S/C16H16BrCl2NO2/c1-3-22-15-7-10(6-12(17)16(15)21-2)9-20-14-5-4-11(18)8-13(14)19/h4-8,20H,3,9H2,1-2H3. The smallest absolute Gasteiger partial charge is 0.174 e. The summed E-state index contributed by atoms with van der Waals surface area (Å²) < 4.78 is 11.8. The summed E-state index contributed by atoms with van der Waals surface area (Å²) in [6.45, 7) is 3.11. The Kier molecular flexibility index (Phi) is 6.24. The molecule has 0 saturated heterocycles. The van der Waals surface area contributed by atoms with Gasteiger partial charge in [0.1, 0.15) is 0 Å². The van der Waals surface area contributed by atoms with Crippen LogP contribution in [-0.4, -0.2) is 13.7 Å². The lowest BCUT2D eigenvalue weighted by Gasteiger charge is -2.14. The van der Waals surface area contributed by atoms with E-state index in [2.05, 4.69) is 21.2 Å². The normalized spacial score (nSPS) is 10.4. The highest BCUT2D eigenvalue weighted by Gasteiger charge is 2.11. The highest BCUT2D eigenvalue weighted by molar-refractivity contribution is 9.10. The van der Waals surface area contributed by atoms with Crippen molar-refractivity contribution in [1.82, 2.24) is 0 Å². The van der Waals surface area contributed by atoms with E-state index in [0.29, 0.717) is 34.7 Å². The molecule has 2 rings (SSSR count). The van der Waals surface area contributed by atoms with Gasteiger partial charge in [-0.25, -0.2) is 0 Å². The van der Waals surface area contributed by atoms with E-state index in [-0.39, 0.29) is 0 Å². The van der Waals surface area contributed by atoms with Crippen LogP contribution >= 0.6 is 39.1 Å². The topological polar surface area (TPSA) is 30.5 Å². The van der Waals surface area contributed by atoms with Crippen LogP contribution in [0.2, 0.25) is 10.0 Å². The summed E-state index contributed by atoms with van der Waals surface area (Å²) in [5.74, 6) is 1.40. The lowest BCUT2D eigenvalue weighted by atomic mass is 10.2. The number of nitrogens with one attached hydrogen (secondary N) is 1. The van der Waals surface area contributed by atoms with Gasteiger partial charge in [-0.3, -0.25) is 0 Å². The van der Waals surface area contributed by atoms with Gasteiger partial charge in [0.15, 0.2) is 11.5 Å². The van der Waals surface area contributed by atoms with Crippen molar-refractivity contribution < 1.29 is 9.47 Å². The average Bonchev–Trinajstić information content (AvgIpc) is 2.46. The molecule has 0 aliphatic heterocycles. The van der Waals surface area contributed by atoms with Gasteiger partial charge in [-0.1, -0.05) is 23.2 Å². The molecule has 6 heteroatoms. The van der Waals surface area contributed by atoms with Crippen LogP contribution in [0.5, 0.6) is 11.5 Å². The molecule has 2 aromatic carbocycles. The lowest BCUT2D eigenvalue weighted by Crippen LogP contribution is -2.02. The van der Waals surface area contributed by atoms with Gasteiger partial charge in [-0.2, -0.15) is 0 Å². The molecule has 1 N–H and O–H groups in total. The van der Waals surface area contributed by atoms with E-state index in [1.165, 1.54) is 0 Å². The second-order valence-electron chi connectivity index (χ2n) is 4.52. The molecule has 0 atom stereocenters. The second kappa shape index (κ2) is 7.95. The minimum atomic E-state index is 0.572. The summed E-state index contributed by atoms with van der Waals surface area (Å²) in [5.41, 5.74) is 1.87. The molecule has 0 amide bonds. The number of benzene rings is 2. The van der Waals surface area contributed by atoms with E-state index in [1.54, 1.807) is 19.2 Å². The molecule has 0 aliphatic rings. The van der Waals surface area contributed by atoms with Crippen molar-refractivity contribution in [3.05, 3.63) is 50.4 Å². The van der Waals surface area contributed by atoms with Gasteiger partial charge in [0.2, 0.25) is 0 Å². The number of anilines is 1. The molecule has 0 aromatic heterocycles. The van der Waals surface area contributed by atoms with Crippen LogP contribution < -0.4 is 14.8 Å². The zero-order valence-electron chi connectivity index (χ0n) is 12.3. The number of methoxy groups -OCH3 is 1. The van der Waals surface area contributed by atoms with E-state index in [0.717, 1.165) is 15.7 Å². The summed E-state index contributed by atoms with van der Waals surface area (Å²) in [7, 11) is 1.62. The predicted molar refractivity (Wildman–Crippen MR) is 95.7 cm³/mol. The predicted octanol–water partition coefficient (Wildman–Crippen LogP) is 5.78. The van der Waals surface area contributed by atoms with E-state index < -0.39 is 0 Å². The minimum Gasteiger partial charge on any atom is -0.492 e. The first kappa shape index (κ1) is 17.3. The number of ether oxygens (including phenoxy) is 2. The van der Waals surface area contributed by atoms with Crippen molar-refractivity contribution in [1.29, 1.82) is 0 Å². The summed E-state index contributed by atoms with van der Waals surface area (Å²) in [6, 6.07) is 9.29. The van der Waals surface area contributed by atoms with Crippen LogP contribution in [0.1, 0.15) is 12.5 Å². The molecular weight excluding hydrogens is 389 g/mol. The average molecular weight is 405 g/mol. The molecule has 22 heavy (non-hydrogen) atoms. The van der Waals surface area contributed by atoms with Crippen molar-refractivity contribution in [2.45, 2.75) is 13.5 Å². The van der Waals surface area contributed by atoms with Crippen molar-refractivity contribution in [3.8, 4) is 11.5 Å². The van der Waals surface area contributed by atoms with Gasteiger partial charge in [0.05, 0.1) is 28.9 Å². The third-order valence-corrected chi connectivity index (χ3v) is 4.12. The van der Waals surface area contributed by atoms with Crippen molar-refractivity contribution in [3.63, 3.8) is 0 Å². The molecule has 0 bridgehead atoms. The highest BCUT2D eigenvalue weighted by atomic mass is 79.9. The summed E-state index contributed by atoms with van der Waals surface area (Å²) in [6.07, 6.45) is 0. The Labute approximate surface area is 148 Å². The van der Waals surface area contributed by atoms with Crippen molar-refractivity contribution in [2.24, 2.45) is 0 Å². The van der Waals surface area contributed by atoms with E-state index in [4.69, 9.17) is 32.7 Å². The summed E-state index contributed by atoms with van der Waals surface area (Å²) in [4.78, 5) is 0. The molecule has 2 aromatic rings. The maximum Gasteiger partial charge on any atom is 0.174 e. The van der Waals surface area contributed by atoms with Gasteiger partial charge in [0, 0.05) is 11.6 Å². The Hall–Kier alpha value is -1.10. The fourth-order valence-corrected chi connectivity index (χ4v) is 3.14. The first-order chi connectivity index (χ1) is 10.5. The molecular formula is C16H16BrCl2NO2. The SMILES string of the molecule is CCOc1cc(CNc2ccc(Cl)cc2Cl)cc(Br)c1OC. The van der Waals surface area contributed by atoms with Crippen LogP contribution in [0, 0.1) is 0 Å². The van der Waals surface area contributed by atoms with Crippen LogP contribution in [0.3, 0.4) is 0 Å². The minimum absolute atomic E-state index is 0.572. The Bertz CT molecular complexity index is 665. The summed E-state index contributed by atoms with van der Waals surface area (Å²) >= 11 is 15.6. The fraction of sp³-hybridized carbons (Fsp3) is 0.250. The fourth-order valence-electron chi connectivity index (χ4n) is 2.01. The van der Waals surface area contributed by atoms with Gasteiger partial charge in [0.25, 0.3) is 0 Å². The first-order valence-electron chi connectivity index (χ1n) is 6.73. The Morgan fingerprint density at radius 2 is 1.95 bits per heavy atom. The van der Waals surface area contributed by atoms with Crippen LogP contribution in [0.15, 0.2) is 34.8 Å². The molecule has 0 unspecified atom stereocenters. The third kappa shape index (κ3) is 4.22. The zero-order valence-corrected chi connectivity index (χ0v) is 15.3. The molecule has 3 nitrogen and oxygen atoms in total. The molecule has 0 fully saturated rings. The molecule has 0 heterocycles. The van der Waals surface area contributed by atoms with Crippen LogP contribution in [0.4, 0.5) is 5.69 Å². The number of halogens is 3. The second-order valence-corrected chi connectivity index (χ2v) is 6.22.